The molecule has 0 N–H and O–H groups in total. The highest BCUT2D eigenvalue weighted by atomic mass is 19.4. The zero-order chi connectivity index (χ0) is 10.8. The fourth-order valence-electron chi connectivity index (χ4n) is 1.18. The molecule has 0 aromatic rings. The molecule has 1 atom stereocenters. The number of nitrogens with zero attached hydrogens (tertiary/aromatic N) is 1. The molecule has 0 bridgehead atoms. The van der Waals surface area contributed by atoms with Crippen molar-refractivity contribution in [1.29, 1.82) is 0 Å². The monoisotopic (exact) mass is 209 g/mol. The SMILES string of the molecule is C=CC(=O)N1CCO[C@@H](C(F)(F)F)C1. The fraction of sp³-hybridized carbons (Fsp3) is 0.625. The highest BCUT2D eigenvalue weighted by Crippen LogP contribution is 2.25. The second-order valence-electron chi connectivity index (χ2n) is 2.89. The third-order valence-electron chi connectivity index (χ3n) is 1.92. The van der Waals surface area contributed by atoms with Gasteiger partial charge in [0.25, 0.3) is 0 Å². The molecular formula is C8H10F3NO2. The van der Waals surface area contributed by atoms with E-state index in [-0.39, 0.29) is 13.2 Å². The van der Waals surface area contributed by atoms with Crippen molar-refractivity contribution in [3.8, 4) is 0 Å². The Bertz CT molecular complexity index is 239. The van der Waals surface area contributed by atoms with Crippen LogP contribution in [0.5, 0.6) is 0 Å². The van der Waals surface area contributed by atoms with Crippen LogP contribution in [0.2, 0.25) is 0 Å². The third kappa shape index (κ3) is 2.47. The molecule has 1 aliphatic rings. The highest BCUT2D eigenvalue weighted by Gasteiger charge is 2.43. The highest BCUT2D eigenvalue weighted by molar-refractivity contribution is 5.87. The Morgan fingerprint density at radius 3 is 2.71 bits per heavy atom. The molecule has 0 spiro atoms. The number of morpholine rings is 1. The number of hydrogen-bond acceptors (Lipinski definition) is 2. The number of carbonyl (C=O) groups excluding carboxylic acids is 1. The summed E-state index contributed by atoms with van der Waals surface area (Å²) in [4.78, 5) is 12.1. The van der Waals surface area contributed by atoms with Crippen molar-refractivity contribution in [3.05, 3.63) is 12.7 Å². The molecule has 1 fully saturated rings. The molecule has 1 aliphatic heterocycles. The lowest BCUT2D eigenvalue weighted by atomic mass is 10.2. The van der Waals surface area contributed by atoms with E-state index in [4.69, 9.17) is 0 Å². The fourth-order valence-corrected chi connectivity index (χ4v) is 1.18. The van der Waals surface area contributed by atoms with Crippen molar-refractivity contribution in [2.75, 3.05) is 19.7 Å². The molecule has 6 heteroatoms. The number of halogens is 3. The van der Waals surface area contributed by atoms with Gasteiger partial charge < -0.3 is 9.64 Å². The summed E-state index contributed by atoms with van der Waals surface area (Å²) in [5.74, 6) is -0.498. The normalized spacial score (nSPS) is 23.4. The van der Waals surface area contributed by atoms with Crippen molar-refractivity contribution in [2.45, 2.75) is 12.3 Å². The molecular weight excluding hydrogens is 199 g/mol. The smallest absolute Gasteiger partial charge is 0.365 e. The van der Waals surface area contributed by atoms with Gasteiger partial charge in [-0.2, -0.15) is 13.2 Å². The first-order valence-corrected chi connectivity index (χ1v) is 4.05. The maximum absolute atomic E-state index is 12.2. The molecule has 3 nitrogen and oxygen atoms in total. The van der Waals surface area contributed by atoms with E-state index in [0.717, 1.165) is 11.0 Å². The summed E-state index contributed by atoms with van der Waals surface area (Å²) in [6, 6.07) is 0. The molecule has 1 amide bonds. The van der Waals surface area contributed by atoms with E-state index in [2.05, 4.69) is 11.3 Å². The van der Waals surface area contributed by atoms with Crippen LogP contribution in [0.25, 0.3) is 0 Å². The van der Waals surface area contributed by atoms with E-state index in [0.29, 0.717) is 0 Å². The standard InChI is InChI=1S/C8H10F3NO2/c1-2-7(13)12-3-4-14-6(5-12)8(9,10)11/h2,6H,1,3-5H2/t6-/m1/s1. The van der Waals surface area contributed by atoms with Gasteiger partial charge in [0.1, 0.15) is 0 Å². The topological polar surface area (TPSA) is 29.5 Å². The largest absolute Gasteiger partial charge is 0.416 e. The number of rotatable bonds is 1. The third-order valence-corrected chi connectivity index (χ3v) is 1.92. The molecule has 0 unspecified atom stereocenters. The minimum atomic E-state index is -4.42. The van der Waals surface area contributed by atoms with Crippen LogP contribution in [-0.4, -0.2) is 42.8 Å². The quantitative estimate of drug-likeness (QED) is 0.602. The van der Waals surface area contributed by atoms with E-state index in [9.17, 15) is 18.0 Å². The Kier molecular flexibility index (Phi) is 3.15. The molecule has 1 saturated heterocycles. The minimum Gasteiger partial charge on any atom is -0.365 e. The molecule has 0 saturated carbocycles. The summed E-state index contributed by atoms with van der Waals surface area (Å²) in [5.41, 5.74) is 0. The van der Waals surface area contributed by atoms with Crippen molar-refractivity contribution in [1.82, 2.24) is 4.90 Å². The van der Waals surface area contributed by atoms with Gasteiger partial charge in [-0.3, -0.25) is 4.79 Å². The zero-order valence-corrected chi connectivity index (χ0v) is 7.38. The number of carbonyl (C=O) groups is 1. The van der Waals surface area contributed by atoms with Gasteiger partial charge in [0, 0.05) is 6.54 Å². The van der Waals surface area contributed by atoms with Gasteiger partial charge in [-0.15, -0.1) is 0 Å². The summed E-state index contributed by atoms with van der Waals surface area (Å²) in [6.45, 7) is 2.84. The second-order valence-corrected chi connectivity index (χ2v) is 2.89. The summed E-state index contributed by atoms with van der Waals surface area (Å²) in [6.07, 6.45) is -5.29. The van der Waals surface area contributed by atoms with Crippen LogP contribution in [0.3, 0.4) is 0 Å². The van der Waals surface area contributed by atoms with E-state index in [1.165, 1.54) is 0 Å². The average molecular weight is 209 g/mol. The average Bonchev–Trinajstić information content (AvgIpc) is 2.15. The summed E-state index contributed by atoms with van der Waals surface area (Å²) >= 11 is 0. The second kappa shape index (κ2) is 4.00. The number of amides is 1. The summed E-state index contributed by atoms with van der Waals surface area (Å²) in [7, 11) is 0. The first kappa shape index (κ1) is 11.0. The molecule has 0 aliphatic carbocycles. The molecule has 14 heavy (non-hydrogen) atoms. The Labute approximate surface area is 79.1 Å². The summed E-state index contributed by atoms with van der Waals surface area (Å²) in [5, 5.41) is 0. The van der Waals surface area contributed by atoms with Crippen LogP contribution >= 0.6 is 0 Å². The number of ether oxygens (including phenoxy) is 1. The maximum Gasteiger partial charge on any atom is 0.416 e. The first-order chi connectivity index (χ1) is 6.45. The number of hydrogen-bond donors (Lipinski definition) is 0. The van der Waals surface area contributed by atoms with E-state index in [1.807, 2.05) is 0 Å². The Balaban J connectivity index is 2.60. The molecule has 1 rings (SSSR count). The lowest BCUT2D eigenvalue weighted by Gasteiger charge is -2.33. The van der Waals surface area contributed by atoms with Crippen molar-refractivity contribution >= 4 is 5.91 Å². The van der Waals surface area contributed by atoms with Crippen LogP contribution in [0.15, 0.2) is 12.7 Å². The molecule has 0 aromatic heterocycles. The zero-order valence-electron chi connectivity index (χ0n) is 7.38. The first-order valence-electron chi connectivity index (χ1n) is 4.05. The van der Waals surface area contributed by atoms with Crippen molar-refractivity contribution < 1.29 is 22.7 Å². The Morgan fingerprint density at radius 1 is 1.57 bits per heavy atom. The van der Waals surface area contributed by atoms with Crippen LogP contribution in [-0.2, 0) is 9.53 Å². The molecule has 0 aromatic carbocycles. The van der Waals surface area contributed by atoms with Crippen LogP contribution in [0, 0.1) is 0 Å². The Morgan fingerprint density at radius 2 is 2.21 bits per heavy atom. The minimum absolute atomic E-state index is 0.0935. The van der Waals surface area contributed by atoms with Crippen molar-refractivity contribution in [2.24, 2.45) is 0 Å². The molecule has 0 radical (unpaired) electrons. The summed E-state index contributed by atoms with van der Waals surface area (Å²) < 4.78 is 41.1. The van der Waals surface area contributed by atoms with Gasteiger partial charge in [0.2, 0.25) is 5.91 Å². The van der Waals surface area contributed by atoms with Gasteiger partial charge in [-0.25, -0.2) is 0 Å². The lowest BCUT2D eigenvalue weighted by Crippen LogP contribution is -2.50. The molecule has 1 heterocycles. The van der Waals surface area contributed by atoms with E-state index in [1.54, 1.807) is 0 Å². The van der Waals surface area contributed by atoms with Gasteiger partial charge in [-0.1, -0.05) is 6.58 Å². The number of alkyl halides is 3. The predicted molar refractivity (Wildman–Crippen MR) is 42.6 cm³/mol. The van der Waals surface area contributed by atoms with Gasteiger partial charge in [-0.05, 0) is 6.08 Å². The van der Waals surface area contributed by atoms with Crippen LogP contribution < -0.4 is 0 Å². The maximum atomic E-state index is 12.2. The Hall–Kier alpha value is -1.04. The van der Waals surface area contributed by atoms with E-state index < -0.39 is 24.7 Å². The van der Waals surface area contributed by atoms with Crippen molar-refractivity contribution in [3.63, 3.8) is 0 Å². The predicted octanol–water partition coefficient (Wildman–Crippen LogP) is 0.962. The van der Waals surface area contributed by atoms with Gasteiger partial charge in [0.05, 0.1) is 13.2 Å². The van der Waals surface area contributed by atoms with Crippen LogP contribution in [0.4, 0.5) is 13.2 Å². The van der Waals surface area contributed by atoms with Gasteiger partial charge >= 0.3 is 6.18 Å². The van der Waals surface area contributed by atoms with E-state index >= 15 is 0 Å². The molecule has 80 valence electrons. The lowest BCUT2D eigenvalue weighted by molar-refractivity contribution is -0.235. The van der Waals surface area contributed by atoms with Crippen LogP contribution in [0.1, 0.15) is 0 Å². The van der Waals surface area contributed by atoms with Gasteiger partial charge in [0.15, 0.2) is 6.10 Å².